The van der Waals surface area contributed by atoms with Gasteiger partial charge in [-0.15, -0.1) is 0 Å². The van der Waals surface area contributed by atoms with Crippen molar-refractivity contribution >= 4 is 17.3 Å². The van der Waals surface area contributed by atoms with E-state index >= 15 is 0 Å². The number of carbonyl (C=O) groups excluding carboxylic acids is 1. The summed E-state index contributed by atoms with van der Waals surface area (Å²) in [5.74, 6) is -0.221. The first kappa shape index (κ1) is 18.0. The summed E-state index contributed by atoms with van der Waals surface area (Å²) in [4.78, 5) is 18.2. The summed E-state index contributed by atoms with van der Waals surface area (Å²) in [7, 11) is 0. The molecule has 1 unspecified atom stereocenters. The van der Waals surface area contributed by atoms with Crippen LogP contribution in [0.2, 0.25) is 0 Å². The molecule has 0 spiro atoms. The Hall–Kier alpha value is -3.40. The van der Waals surface area contributed by atoms with Gasteiger partial charge in [0.05, 0.1) is 0 Å². The molecule has 1 N–H and O–H groups in total. The van der Waals surface area contributed by atoms with Crippen LogP contribution in [0.3, 0.4) is 0 Å². The molecule has 0 radical (unpaired) electrons. The number of amides is 1. The van der Waals surface area contributed by atoms with E-state index in [4.69, 9.17) is 4.84 Å². The minimum Gasteiger partial charge on any atom is -0.382 e. The third-order valence-electron chi connectivity index (χ3n) is 5.06. The van der Waals surface area contributed by atoms with Crippen LogP contribution in [0.5, 0.6) is 0 Å². The zero-order valence-electron chi connectivity index (χ0n) is 16.2. The van der Waals surface area contributed by atoms with Crippen molar-refractivity contribution in [3.8, 4) is 11.1 Å². The van der Waals surface area contributed by atoms with Gasteiger partial charge in [-0.05, 0) is 43.0 Å². The summed E-state index contributed by atoms with van der Waals surface area (Å²) in [6.07, 6.45) is -0.716. The van der Waals surface area contributed by atoms with Gasteiger partial charge in [0.15, 0.2) is 0 Å². The number of aryl methyl sites for hydroxylation is 2. The van der Waals surface area contributed by atoms with Crippen LogP contribution in [0.15, 0.2) is 71.9 Å². The molecule has 0 fully saturated rings. The molecule has 3 aromatic rings. The number of carbonyl (C=O) groups is 1. The smallest absolute Gasteiger partial charge is 0.268 e. The first-order valence-electron chi connectivity index (χ1n) is 9.36. The largest absolute Gasteiger partial charge is 0.382 e. The third kappa shape index (κ3) is 3.18. The standard InChI is InChI=1S/C24H22N2O2/c1-15-9-8-10-16(2)22(15)25-24(27)17(3)28-26-23-20-13-6-4-11-18(20)19-12-5-7-14-21(19)23/h4-14,17H,1-3H3,(H,25,27). The summed E-state index contributed by atoms with van der Waals surface area (Å²) in [5.41, 5.74) is 7.93. The quantitative estimate of drug-likeness (QED) is 0.509. The van der Waals surface area contributed by atoms with Gasteiger partial charge in [0, 0.05) is 16.8 Å². The number of fused-ring (bicyclic) bond motifs is 3. The highest BCUT2D eigenvalue weighted by Crippen LogP contribution is 2.36. The van der Waals surface area contributed by atoms with Crippen LogP contribution in [-0.2, 0) is 9.63 Å². The van der Waals surface area contributed by atoms with Crippen LogP contribution >= 0.6 is 0 Å². The fourth-order valence-corrected chi connectivity index (χ4v) is 3.51. The Morgan fingerprint density at radius 2 is 1.32 bits per heavy atom. The highest BCUT2D eigenvalue weighted by molar-refractivity contribution is 6.24. The van der Waals surface area contributed by atoms with E-state index in [1.807, 2.05) is 68.4 Å². The number of nitrogens with one attached hydrogen (secondary N) is 1. The van der Waals surface area contributed by atoms with Gasteiger partial charge in [-0.1, -0.05) is 71.9 Å². The number of benzene rings is 3. The molecule has 0 saturated heterocycles. The molecule has 1 atom stereocenters. The molecule has 0 bridgehead atoms. The monoisotopic (exact) mass is 370 g/mol. The number of para-hydroxylation sites is 1. The summed E-state index contributed by atoms with van der Waals surface area (Å²) < 4.78 is 0. The van der Waals surface area contributed by atoms with Crippen LogP contribution in [0, 0.1) is 13.8 Å². The number of hydrogen-bond acceptors (Lipinski definition) is 3. The minimum atomic E-state index is -0.716. The maximum atomic E-state index is 12.6. The van der Waals surface area contributed by atoms with E-state index in [0.717, 1.165) is 44.8 Å². The van der Waals surface area contributed by atoms with Crippen molar-refractivity contribution in [2.24, 2.45) is 5.16 Å². The normalized spacial score (nSPS) is 12.8. The average molecular weight is 370 g/mol. The summed E-state index contributed by atoms with van der Waals surface area (Å²) in [5, 5.41) is 7.33. The second kappa shape index (κ2) is 7.31. The van der Waals surface area contributed by atoms with Crippen LogP contribution in [0.4, 0.5) is 5.69 Å². The summed E-state index contributed by atoms with van der Waals surface area (Å²) >= 11 is 0. The van der Waals surface area contributed by atoms with Crippen LogP contribution in [0.1, 0.15) is 29.2 Å². The molecule has 28 heavy (non-hydrogen) atoms. The van der Waals surface area contributed by atoms with Gasteiger partial charge in [-0.3, -0.25) is 4.79 Å². The van der Waals surface area contributed by atoms with Crippen molar-refractivity contribution < 1.29 is 9.63 Å². The summed E-state index contributed by atoms with van der Waals surface area (Å²) in [6, 6.07) is 22.1. The molecule has 3 aromatic carbocycles. The molecule has 0 heterocycles. The van der Waals surface area contributed by atoms with E-state index in [9.17, 15) is 4.79 Å². The maximum Gasteiger partial charge on any atom is 0.268 e. The Balaban J connectivity index is 1.56. The number of rotatable bonds is 4. The maximum absolute atomic E-state index is 12.6. The minimum absolute atomic E-state index is 0.221. The van der Waals surface area contributed by atoms with E-state index in [1.54, 1.807) is 6.92 Å². The second-order valence-electron chi connectivity index (χ2n) is 7.03. The van der Waals surface area contributed by atoms with Crippen molar-refractivity contribution in [2.45, 2.75) is 26.9 Å². The molecule has 1 aliphatic rings. The molecule has 1 amide bonds. The Kier molecular flexibility index (Phi) is 4.70. The van der Waals surface area contributed by atoms with E-state index in [-0.39, 0.29) is 5.91 Å². The van der Waals surface area contributed by atoms with E-state index in [1.165, 1.54) is 0 Å². The first-order chi connectivity index (χ1) is 13.6. The van der Waals surface area contributed by atoms with Crippen molar-refractivity contribution in [1.82, 2.24) is 0 Å². The molecule has 0 aromatic heterocycles. The average Bonchev–Trinajstić information content (AvgIpc) is 3.03. The van der Waals surface area contributed by atoms with Crippen LogP contribution in [0.25, 0.3) is 11.1 Å². The van der Waals surface area contributed by atoms with E-state index < -0.39 is 6.10 Å². The fraction of sp³-hybridized carbons (Fsp3) is 0.167. The van der Waals surface area contributed by atoms with Crippen LogP contribution < -0.4 is 5.32 Å². The Morgan fingerprint density at radius 3 is 1.86 bits per heavy atom. The Labute approximate surface area is 164 Å². The Bertz CT molecular complexity index is 1020. The van der Waals surface area contributed by atoms with Crippen molar-refractivity contribution in [2.75, 3.05) is 5.32 Å². The SMILES string of the molecule is Cc1cccc(C)c1NC(=O)C(C)ON=C1c2ccccc2-c2ccccc21. The van der Waals surface area contributed by atoms with Gasteiger partial charge in [-0.2, -0.15) is 0 Å². The predicted octanol–water partition coefficient (Wildman–Crippen LogP) is 5.08. The molecule has 0 aliphatic heterocycles. The molecule has 0 saturated carbocycles. The lowest BCUT2D eigenvalue weighted by molar-refractivity contribution is -0.126. The van der Waals surface area contributed by atoms with Crippen LogP contribution in [-0.4, -0.2) is 17.7 Å². The lowest BCUT2D eigenvalue weighted by atomic mass is 10.1. The summed E-state index contributed by atoms with van der Waals surface area (Å²) in [6.45, 7) is 5.65. The number of oxime groups is 1. The predicted molar refractivity (Wildman–Crippen MR) is 113 cm³/mol. The zero-order chi connectivity index (χ0) is 19.7. The van der Waals surface area contributed by atoms with Gasteiger partial charge in [0.1, 0.15) is 5.71 Å². The van der Waals surface area contributed by atoms with E-state index in [0.29, 0.717) is 0 Å². The highest BCUT2D eigenvalue weighted by Gasteiger charge is 2.25. The van der Waals surface area contributed by atoms with Gasteiger partial charge in [-0.25, -0.2) is 0 Å². The van der Waals surface area contributed by atoms with Gasteiger partial charge in [0.25, 0.3) is 5.91 Å². The number of nitrogens with zero attached hydrogens (tertiary/aromatic N) is 1. The van der Waals surface area contributed by atoms with Crippen molar-refractivity contribution in [1.29, 1.82) is 0 Å². The number of anilines is 1. The third-order valence-corrected chi connectivity index (χ3v) is 5.06. The topological polar surface area (TPSA) is 50.7 Å². The van der Waals surface area contributed by atoms with Gasteiger partial charge >= 0.3 is 0 Å². The molecular formula is C24H22N2O2. The van der Waals surface area contributed by atoms with Gasteiger partial charge < -0.3 is 10.2 Å². The van der Waals surface area contributed by atoms with Crippen molar-refractivity contribution in [3.63, 3.8) is 0 Å². The fourth-order valence-electron chi connectivity index (χ4n) is 3.51. The Morgan fingerprint density at radius 1 is 0.821 bits per heavy atom. The molecular weight excluding hydrogens is 348 g/mol. The highest BCUT2D eigenvalue weighted by atomic mass is 16.6. The molecule has 1 aliphatic carbocycles. The lowest BCUT2D eigenvalue weighted by Gasteiger charge is -2.15. The second-order valence-corrected chi connectivity index (χ2v) is 7.03. The van der Waals surface area contributed by atoms with Gasteiger partial charge in [0.2, 0.25) is 6.10 Å². The zero-order valence-corrected chi connectivity index (χ0v) is 16.2. The lowest BCUT2D eigenvalue weighted by Crippen LogP contribution is -2.27. The number of hydrogen-bond donors (Lipinski definition) is 1. The molecule has 4 heteroatoms. The first-order valence-corrected chi connectivity index (χ1v) is 9.36. The van der Waals surface area contributed by atoms with E-state index in [2.05, 4.69) is 22.6 Å². The molecule has 140 valence electrons. The molecule has 4 rings (SSSR count). The molecule has 4 nitrogen and oxygen atoms in total. The van der Waals surface area contributed by atoms with Crippen molar-refractivity contribution in [3.05, 3.63) is 89.0 Å².